The van der Waals surface area contributed by atoms with Crippen LogP contribution in [0.4, 0.5) is 11.4 Å². The highest BCUT2D eigenvalue weighted by Crippen LogP contribution is 2.38. The molecule has 1 aromatic rings. The van der Waals surface area contributed by atoms with E-state index >= 15 is 0 Å². The van der Waals surface area contributed by atoms with Crippen molar-refractivity contribution >= 4 is 22.9 Å². The second-order valence-electron chi connectivity index (χ2n) is 4.16. The molecule has 1 N–H and O–H groups in total. The first kappa shape index (κ1) is 11.7. The van der Waals surface area contributed by atoms with E-state index in [4.69, 9.17) is 0 Å². The fraction of sp³-hybridized carbons (Fsp3) is 0.357. The van der Waals surface area contributed by atoms with Crippen molar-refractivity contribution in [2.24, 2.45) is 0 Å². The molecule has 0 unspecified atom stereocenters. The predicted molar refractivity (Wildman–Crippen MR) is 72.3 cm³/mol. The van der Waals surface area contributed by atoms with Crippen LogP contribution in [0, 0.1) is 0 Å². The fourth-order valence-electron chi connectivity index (χ4n) is 2.33. The van der Waals surface area contributed by atoms with Crippen molar-refractivity contribution in [3.8, 4) is 0 Å². The normalized spacial score (nSPS) is 14.1. The molecule has 3 nitrogen and oxygen atoms in total. The summed E-state index contributed by atoms with van der Waals surface area (Å²) in [4.78, 5) is 13.4. The average Bonchev–Trinajstić information content (AvgIpc) is 2.36. The summed E-state index contributed by atoms with van der Waals surface area (Å²) in [7, 11) is 1.91. The number of hydrogen-bond donors (Lipinski definition) is 1. The number of amides is 1. The Kier molecular flexibility index (Phi) is 3.18. The minimum absolute atomic E-state index is 0.0888. The van der Waals surface area contributed by atoms with Crippen molar-refractivity contribution in [3.05, 3.63) is 29.8 Å². The molecule has 2 rings (SSSR count). The standard InChI is InChI=1S/C14H18N2O/c1-4-11-8-9-16(10(2)17)13-7-5-6-12(15-3)14(11)13/h5-8,15H,4,9H2,1-3H3. The van der Waals surface area contributed by atoms with Crippen LogP contribution in [-0.4, -0.2) is 19.5 Å². The first-order valence-corrected chi connectivity index (χ1v) is 5.97. The first-order chi connectivity index (χ1) is 8.19. The predicted octanol–water partition coefficient (Wildman–Crippen LogP) is 2.89. The lowest BCUT2D eigenvalue weighted by atomic mass is 9.95. The van der Waals surface area contributed by atoms with E-state index < -0.39 is 0 Å². The highest BCUT2D eigenvalue weighted by atomic mass is 16.2. The van der Waals surface area contributed by atoms with E-state index in [9.17, 15) is 4.79 Å². The van der Waals surface area contributed by atoms with Crippen LogP contribution in [-0.2, 0) is 4.79 Å². The van der Waals surface area contributed by atoms with Gasteiger partial charge < -0.3 is 10.2 Å². The van der Waals surface area contributed by atoms with Gasteiger partial charge in [0.1, 0.15) is 0 Å². The van der Waals surface area contributed by atoms with E-state index in [1.54, 1.807) is 6.92 Å². The van der Waals surface area contributed by atoms with E-state index in [1.807, 2.05) is 30.1 Å². The number of anilines is 2. The SMILES string of the molecule is CCC1=CCN(C(C)=O)c2cccc(NC)c21. The maximum atomic E-state index is 11.6. The van der Waals surface area contributed by atoms with E-state index in [1.165, 1.54) is 11.1 Å². The third-order valence-electron chi connectivity index (χ3n) is 3.20. The molecule has 0 fully saturated rings. The van der Waals surface area contributed by atoms with Gasteiger partial charge in [0.15, 0.2) is 0 Å². The molecule has 0 radical (unpaired) electrons. The Hall–Kier alpha value is -1.77. The molecule has 0 atom stereocenters. The molecule has 0 saturated heterocycles. The Morgan fingerprint density at radius 1 is 1.47 bits per heavy atom. The van der Waals surface area contributed by atoms with Gasteiger partial charge in [-0.3, -0.25) is 4.79 Å². The number of nitrogens with zero attached hydrogens (tertiary/aromatic N) is 1. The second-order valence-corrected chi connectivity index (χ2v) is 4.16. The Balaban J connectivity index is 2.61. The van der Waals surface area contributed by atoms with Gasteiger partial charge in [-0.1, -0.05) is 19.1 Å². The number of carbonyl (C=O) groups excluding carboxylic acids is 1. The molecule has 1 aromatic carbocycles. The Morgan fingerprint density at radius 3 is 2.82 bits per heavy atom. The molecule has 90 valence electrons. The van der Waals surface area contributed by atoms with Gasteiger partial charge in [0.25, 0.3) is 0 Å². The van der Waals surface area contributed by atoms with E-state index in [0.29, 0.717) is 6.54 Å². The molecule has 0 aromatic heterocycles. The molecule has 0 aliphatic carbocycles. The average molecular weight is 230 g/mol. The summed E-state index contributed by atoms with van der Waals surface area (Å²) < 4.78 is 0. The molecule has 1 heterocycles. The Labute approximate surface area is 102 Å². The van der Waals surface area contributed by atoms with Crippen LogP contribution in [0.15, 0.2) is 24.3 Å². The topological polar surface area (TPSA) is 32.3 Å². The van der Waals surface area contributed by atoms with E-state index in [0.717, 1.165) is 17.8 Å². The number of rotatable bonds is 2. The highest BCUT2D eigenvalue weighted by molar-refractivity contribution is 6.00. The zero-order valence-corrected chi connectivity index (χ0v) is 10.6. The van der Waals surface area contributed by atoms with Gasteiger partial charge >= 0.3 is 0 Å². The number of carbonyl (C=O) groups is 1. The molecule has 3 heteroatoms. The van der Waals surface area contributed by atoms with Gasteiger partial charge in [-0.25, -0.2) is 0 Å². The van der Waals surface area contributed by atoms with Gasteiger partial charge in [0.05, 0.1) is 5.69 Å². The van der Waals surface area contributed by atoms with Crippen molar-refractivity contribution < 1.29 is 4.79 Å². The summed E-state index contributed by atoms with van der Waals surface area (Å²) in [5.74, 6) is 0.0888. The van der Waals surface area contributed by atoms with Gasteiger partial charge in [0.2, 0.25) is 5.91 Å². The summed E-state index contributed by atoms with van der Waals surface area (Å²) in [5.41, 5.74) is 4.58. The summed E-state index contributed by atoms with van der Waals surface area (Å²) in [6.07, 6.45) is 3.13. The molecule has 1 amide bonds. The van der Waals surface area contributed by atoms with Crippen LogP contribution in [0.1, 0.15) is 25.8 Å². The number of fused-ring (bicyclic) bond motifs is 1. The molecule has 0 spiro atoms. The third-order valence-corrected chi connectivity index (χ3v) is 3.20. The Morgan fingerprint density at radius 2 is 2.24 bits per heavy atom. The summed E-state index contributed by atoms with van der Waals surface area (Å²) >= 11 is 0. The van der Waals surface area contributed by atoms with Crippen molar-refractivity contribution in [1.82, 2.24) is 0 Å². The van der Waals surface area contributed by atoms with Gasteiger partial charge in [-0.2, -0.15) is 0 Å². The minimum Gasteiger partial charge on any atom is -0.388 e. The van der Waals surface area contributed by atoms with Crippen LogP contribution in [0.5, 0.6) is 0 Å². The van der Waals surface area contributed by atoms with E-state index in [2.05, 4.69) is 18.3 Å². The van der Waals surface area contributed by atoms with Crippen molar-refractivity contribution in [1.29, 1.82) is 0 Å². The zero-order chi connectivity index (χ0) is 12.4. The quantitative estimate of drug-likeness (QED) is 0.847. The molecular weight excluding hydrogens is 212 g/mol. The molecule has 0 saturated carbocycles. The van der Waals surface area contributed by atoms with Crippen LogP contribution >= 0.6 is 0 Å². The number of nitrogens with one attached hydrogen (secondary N) is 1. The molecule has 17 heavy (non-hydrogen) atoms. The maximum Gasteiger partial charge on any atom is 0.224 e. The molecular formula is C14H18N2O. The molecule has 1 aliphatic rings. The van der Waals surface area contributed by atoms with Crippen LogP contribution in [0.25, 0.3) is 5.57 Å². The number of hydrogen-bond acceptors (Lipinski definition) is 2. The van der Waals surface area contributed by atoms with Crippen LogP contribution in [0.2, 0.25) is 0 Å². The van der Waals surface area contributed by atoms with Crippen LogP contribution < -0.4 is 10.2 Å². The zero-order valence-electron chi connectivity index (χ0n) is 10.6. The fourth-order valence-corrected chi connectivity index (χ4v) is 2.33. The van der Waals surface area contributed by atoms with Crippen molar-refractivity contribution in [3.63, 3.8) is 0 Å². The molecule has 0 bridgehead atoms. The van der Waals surface area contributed by atoms with Crippen LogP contribution in [0.3, 0.4) is 0 Å². The lowest BCUT2D eigenvalue weighted by Crippen LogP contribution is -2.31. The largest absolute Gasteiger partial charge is 0.388 e. The van der Waals surface area contributed by atoms with Gasteiger partial charge in [-0.05, 0) is 24.1 Å². The second kappa shape index (κ2) is 4.62. The number of allylic oxidation sites excluding steroid dienone is 1. The first-order valence-electron chi connectivity index (χ1n) is 5.97. The van der Waals surface area contributed by atoms with Gasteiger partial charge in [0, 0.05) is 31.8 Å². The summed E-state index contributed by atoms with van der Waals surface area (Å²) in [6.45, 7) is 4.44. The Bertz CT molecular complexity index is 477. The highest BCUT2D eigenvalue weighted by Gasteiger charge is 2.22. The maximum absolute atomic E-state index is 11.6. The van der Waals surface area contributed by atoms with Crippen molar-refractivity contribution in [2.45, 2.75) is 20.3 Å². The number of benzene rings is 1. The van der Waals surface area contributed by atoms with E-state index in [-0.39, 0.29) is 5.91 Å². The van der Waals surface area contributed by atoms with Crippen molar-refractivity contribution in [2.75, 3.05) is 23.8 Å². The van der Waals surface area contributed by atoms with Gasteiger partial charge in [-0.15, -0.1) is 0 Å². The lowest BCUT2D eigenvalue weighted by Gasteiger charge is -2.29. The molecule has 1 aliphatic heterocycles. The monoisotopic (exact) mass is 230 g/mol. The lowest BCUT2D eigenvalue weighted by molar-refractivity contribution is -0.116. The smallest absolute Gasteiger partial charge is 0.224 e. The minimum atomic E-state index is 0.0888. The third kappa shape index (κ3) is 1.93. The summed E-state index contributed by atoms with van der Waals surface area (Å²) in [6, 6.07) is 6.05. The summed E-state index contributed by atoms with van der Waals surface area (Å²) in [5, 5.41) is 3.20.